The molecule has 0 amide bonds. The number of fused-ring (bicyclic) bond motifs is 1. The van der Waals surface area contributed by atoms with Crippen molar-refractivity contribution in [3.8, 4) is 0 Å². The highest BCUT2D eigenvalue weighted by Crippen LogP contribution is 2.38. The molecule has 3 aromatic rings. The van der Waals surface area contributed by atoms with E-state index in [2.05, 4.69) is 65.4 Å². The average molecular weight is 330 g/mol. The summed E-state index contributed by atoms with van der Waals surface area (Å²) >= 11 is 0. The molecule has 2 aromatic carbocycles. The zero-order valence-electron chi connectivity index (χ0n) is 14.8. The first-order valence-electron chi connectivity index (χ1n) is 8.67. The minimum absolute atomic E-state index is 0.387. The number of anilines is 4. The summed E-state index contributed by atoms with van der Waals surface area (Å²) in [5.41, 5.74) is 4.89. The van der Waals surface area contributed by atoms with Crippen molar-refractivity contribution >= 4 is 23.0 Å². The topological polar surface area (TPSA) is 41.1 Å². The lowest BCUT2D eigenvalue weighted by molar-refractivity contribution is 0.747. The van der Waals surface area contributed by atoms with Gasteiger partial charge in [-0.05, 0) is 50.5 Å². The molecule has 126 valence electrons. The fourth-order valence-corrected chi connectivity index (χ4v) is 3.51. The molecule has 2 heterocycles. The number of aromatic nitrogens is 2. The third-order valence-electron chi connectivity index (χ3n) is 4.69. The molecular weight excluding hydrogens is 308 g/mol. The normalized spacial score (nSPS) is 16.0. The summed E-state index contributed by atoms with van der Waals surface area (Å²) in [5, 5.41) is 3.44. The molecule has 0 spiro atoms. The van der Waals surface area contributed by atoms with Crippen LogP contribution in [-0.4, -0.2) is 16.0 Å². The Morgan fingerprint density at radius 3 is 2.60 bits per heavy atom. The van der Waals surface area contributed by atoms with Crippen LogP contribution in [0.25, 0.3) is 0 Å². The van der Waals surface area contributed by atoms with Crippen LogP contribution in [-0.2, 0) is 6.42 Å². The van der Waals surface area contributed by atoms with Gasteiger partial charge in [-0.25, -0.2) is 9.97 Å². The number of hydrogen-bond acceptors (Lipinski definition) is 4. The molecule has 0 bridgehead atoms. The summed E-state index contributed by atoms with van der Waals surface area (Å²) < 4.78 is 0. The summed E-state index contributed by atoms with van der Waals surface area (Å²) in [6.45, 7) is 6.28. The lowest BCUT2D eigenvalue weighted by Crippen LogP contribution is -2.25. The standard InChI is InChI=1S/C21H22N4/c1-14-8-4-6-10-18(14)24-20-13-21(23-16(3)22-20)25-15(2)12-17-9-5-7-11-19(17)25/h4-11,13,15H,12H2,1-3H3,(H,22,23,24). The molecule has 1 atom stereocenters. The highest BCUT2D eigenvalue weighted by molar-refractivity contribution is 5.71. The highest BCUT2D eigenvalue weighted by Gasteiger charge is 2.28. The van der Waals surface area contributed by atoms with Crippen molar-refractivity contribution in [3.05, 3.63) is 71.5 Å². The zero-order valence-corrected chi connectivity index (χ0v) is 14.8. The lowest BCUT2D eigenvalue weighted by Gasteiger charge is -2.24. The molecule has 0 saturated heterocycles. The summed E-state index contributed by atoms with van der Waals surface area (Å²) in [6, 6.07) is 19.2. The number of para-hydroxylation sites is 2. The Morgan fingerprint density at radius 2 is 1.76 bits per heavy atom. The van der Waals surface area contributed by atoms with Gasteiger partial charge in [0.25, 0.3) is 0 Å². The Labute approximate surface area is 148 Å². The van der Waals surface area contributed by atoms with E-state index in [1.807, 2.05) is 25.1 Å². The molecule has 4 nitrogen and oxygen atoms in total. The second kappa shape index (κ2) is 6.20. The summed E-state index contributed by atoms with van der Waals surface area (Å²) in [5.74, 6) is 2.54. The molecule has 1 aliphatic heterocycles. The van der Waals surface area contributed by atoms with Crippen molar-refractivity contribution in [2.45, 2.75) is 33.2 Å². The zero-order chi connectivity index (χ0) is 17.4. The minimum atomic E-state index is 0.387. The predicted octanol–water partition coefficient (Wildman–Crippen LogP) is 4.92. The smallest absolute Gasteiger partial charge is 0.139 e. The number of benzene rings is 2. The molecule has 0 fully saturated rings. The van der Waals surface area contributed by atoms with Gasteiger partial charge in [-0.2, -0.15) is 0 Å². The first-order valence-corrected chi connectivity index (χ1v) is 8.67. The Bertz CT molecular complexity index is 919. The van der Waals surface area contributed by atoms with Gasteiger partial charge in [0.1, 0.15) is 17.5 Å². The van der Waals surface area contributed by atoms with Crippen LogP contribution in [0.2, 0.25) is 0 Å². The first kappa shape index (κ1) is 15.6. The third kappa shape index (κ3) is 2.95. The number of hydrogen-bond donors (Lipinski definition) is 1. The summed E-state index contributed by atoms with van der Waals surface area (Å²) in [6.07, 6.45) is 1.04. The van der Waals surface area contributed by atoms with E-state index in [0.29, 0.717) is 6.04 Å². The Kier molecular flexibility index (Phi) is 3.88. The van der Waals surface area contributed by atoms with Gasteiger partial charge in [-0.15, -0.1) is 0 Å². The van der Waals surface area contributed by atoms with Crippen molar-refractivity contribution in [1.29, 1.82) is 0 Å². The Hall–Kier alpha value is -2.88. The van der Waals surface area contributed by atoms with E-state index in [1.165, 1.54) is 16.8 Å². The van der Waals surface area contributed by atoms with E-state index in [1.54, 1.807) is 0 Å². The largest absolute Gasteiger partial charge is 0.340 e. The molecular formula is C21H22N4. The van der Waals surface area contributed by atoms with Crippen molar-refractivity contribution < 1.29 is 0 Å². The molecule has 1 aliphatic rings. The van der Waals surface area contributed by atoms with Crippen LogP contribution in [0.3, 0.4) is 0 Å². The average Bonchev–Trinajstić information content (AvgIpc) is 2.92. The quantitative estimate of drug-likeness (QED) is 0.740. The Balaban J connectivity index is 1.72. The van der Waals surface area contributed by atoms with Gasteiger partial charge >= 0.3 is 0 Å². The van der Waals surface area contributed by atoms with E-state index < -0.39 is 0 Å². The number of nitrogens with one attached hydrogen (secondary N) is 1. The second-order valence-electron chi connectivity index (χ2n) is 6.65. The van der Waals surface area contributed by atoms with Gasteiger partial charge in [-0.1, -0.05) is 36.4 Å². The molecule has 1 N–H and O–H groups in total. The summed E-state index contributed by atoms with van der Waals surface area (Å²) in [4.78, 5) is 11.6. The van der Waals surface area contributed by atoms with E-state index in [9.17, 15) is 0 Å². The fraction of sp³-hybridized carbons (Fsp3) is 0.238. The van der Waals surface area contributed by atoms with Crippen LogP contribution in [0, 0.1) is 13.8 Å². The predicted molar refractivity (Wildman–Crippen MR) is 103 cm³/mol. The molecule has 1 unspecified atom stereocenters. The van der Waals surface area contributed by atoms with Crippen LogP contribution in [0.15, 0.2) is 54.6 Å². The van der Waals surface area contributed by atoms with Crippen molar-refractivity contribution in [1.82, 2.24) is 9.97 Å². The van der Waals surface area contributed by atoms with E-state index >= 15 is 0 Å². The van der Waals surface area contributed by atoms with E-state index in [0.717, 1.165) is 29.6 Å². The van der Waals surface area contributed by atoms with Gasteiger partial charge < -0.3 is 10.2 Å². The van der Waals surface area contributed by atoms with Crippen molar-refractivity contribution in [3.63, 3.8) is 0 Å². The molecule has 0 radical (unpaired) electrons. The minimum Gasteiger partial charge on any atom is -0.340 e. The maximum atomic E-state index is 4.70. The molecule has 0 aliphatic carbocycles. The van der Waals surface area contributed by atoms with Crippen molar-refractivity contribution in [2.75, 3.05) is 10.2 Å². The molecule has 0 saturated carbocycles. The SMILES string of the molecule is Cc1nc(Nc2ccccc2C)cc(N2c3ccccc3CC2C)n1. The van der Waals surface area contributed by atoms with Gasteiger partial charge in [0.2, 0.25) is 0 Å². The fourth-order valence-electron chi connectivity index (χ4n) is 3.51. The van der Waals surface area contributed by atoms with Gasteiger partial charge in [0, 0.05) is 23.5 Å². The molecule has 25 heavy (non-hydrogen) atoms. The second-order valence-corrected chi connectivity index (χ2v) is 6.65. The van der Waals surface area contributed by atoms with Crippen LogP contribution in [0.5, 0.6) is 0 Å². The monoisotopic (exact) mass is 330 g/mol. The van der Waals surface area contributed by atoms with Crippen molar-refractivity contribution in [2.24, 2.45) is 0 Å². The molecule has 1 aromatic heterocycles. The molecule has 4 heteroatoms. The third-order valence-corrected chi connectivity index (χ3v) is 4.69. The molecule has 4 rings (SSSR count). The van der Waals surface area contributed by atoms with Gasteiger partial charge in [-0.3, -0.25) is 0 Å². The van der Waals surface area contributed by atoms with Crippen LogP contribution in [0.1, 0.15) is 23.9 Å². The number of rotatable bonds is 3. The van der Waals surface area contributed by atoms with E-state index in [4.69, 9.17) is 4.98 Å². The lowest BCUT2D eigenvalue weighted by atomic mass is 10.1. The van der Waals surface area contributed by atoms with Gasteiger partial charge in [0.15, 0.2) is 0 Å². The van der Waals surface area contributed by atoms with E-state index in [-0.39, 0.29) is 0 Å². The number of aryl methyl sites for hydroxylation is 2. The van der Waals surface area contributed by atoms with Crippen LogP contribution in [0.4, 0.5) is 23.0 Å². The highest BCUT2D eigenvalue weighted by atomic mass is 15.2. The summed E-state index contributed by atoms with van der Waals surface area (Å²) in [7, 11) is 0. The maximum absolute atomic E-state index is 4.70. The van der Waals surface area contributed by atoms with Crippen LogP contribution < -0.4 is 10.2 Å². The van der Waals surface area contributed by atoms with Gasteiger partial charge in [0.05, 0.1) is 0 Å². The maximum Gasteiger partial charge on any atom is 0.139 e. The Morgan fingerprint density at radius 1 is 1.00 bits per heavy atom. The number of nitrogens with zero attached hydrogens (tertiary/aromatic N) is 3. The van der Waals surface area contributed by atoms with Crippen LogP contribution >= 0.6 is 0 Å². The first-order chi connectivity index (χ1) is 12.1.